The molecule has 0 saturated carbocycles. The minimum absolute atomic E-state index is 0.588. The van der Waals surface area contributed by atoms with Crippen molar-refractivity contribution in [3.05, 3.63) is 101 Å². The Kier molecular flexibility index (Phi) is 5.88. The number of hydrogen-bond acceptors (Lipinski definition) is 5. The van der Waals surface area contributed by atoms with E-state index >= 15 is 0 Å². The third kappa shape index (κ3) is 4.01. The van der Waals surface area contributed by atoms with Gasteiger partial charge in [-0.05, 0) is 42.7 Å². The maximum Gasteiger partial charge on any atom is 0.179 e. The van der Waals surface area contributed by atoms with Crippen LogP contribution in [0.4, 0.5) is 5.82 Å². The first kappa shape index (κ1) is 23.0. The van der Waals surface area contributed by atoms with Crippen LogP contribution < -0.4 is 4.90 Å². The van der Waals surface area contributed by atoms with Crippen molar-refractivity contribution < 1.29 is 5.11 Å². The summed E-state index contributed by atoms with van der Waals surface area (Å²) >= 11 is 12.8. The molecule has 3 heterocycles. The first-order valence-corrected chi connectivity index (χ1v) is 12.6. The van der Waals surface area contributed by atoms with Gasteiger partial charge < -0.3 is 10.0 Å². The number of hydrogen-bond donors (Lipinski definition) is 1. The van der Waals surface area contributed by atoms with E-state index in [1.54, 1.807) is 6.20 Å². The molecule has 3 aromatic carbocycles. The van der Waals surface area contributed by atoms with Crippen molar-refractivity contribution in [1.82, 2.24) is 20.0 Å². The molecule has 5 aromatic rings. The van der Waals surface area contributed by atoms with Gasteiger partial charge in [-0.1, -0.05) is 77.8 Å². The highest BCUT2D eigenvalue weighted by Crippen LogP contribution is 2.39. The van der Waals surface area contributed by atoms with Crippen LogP contribution in [0.25, 0.3) is 27.8 Å². The predicted octanol–water partition coefficient (Wildman–Crippen LogP) is 6.28. The van der Waals surface area contributed by atoms with E-state index in [9.17, 15) is 5.11 Å². The van der Waals surface area contributed by atoms with Crippen LogP contribution in [0.1, 0.15) is 18.4 Å². The SMILES string of the molecule is OC1(c2ccccc2)CCN(c2nncc3c(-c4ccc(Cl)cc4)n(-c4ccccc4Cl)nc23)CC1. The lowest BCUT2D eigenvalue weighted by Crippen LogP contribution is -2.43. The molecule has 1 saturated heterocycles. The van der Waals surface area contributed by atoms with Gasteiger partial charge in [0.25, 0.3) is 0 Å². The van der Waals surface area contributed by atoms with Crippen LogP contribution in [0.2, 0.25) is 10.0 Å². The van der Waals surface area contributed by atoms with Gasteiger partial charge >= 0.3 is 0 Å². The van der Waals surface area contributed by atoms with Gasteiger partial charge in [-0.2, -0.15) is 10.2 Å². The number of anilines is 1. The number of halogens is 2. The number of fused-ring (bicyclic) bond motifs is 1. The van der Waals surface area contributed by atoms with Crippen LogP contribution in [0.15, 0.2) is 85.1 Å². The van der Waals surface area contributed by atoms with Gasteiger partial charge in [0.15, 0.2) is 5.82 Å². The fraction of sp³-hybridized carbons (Fsp3) is 0.179. The molecule has 0 atom stereocenters. The molecule has 1 aliphatic rings. The number of rotatable bonds is 4. The van der Waals surface area contributed by atoms with Crippen molar-refractivity contribution in [2.75, 3.05) is 18.0 Å². The van der Waals surface area contributed by atoms with Gasteiger partial charge in [-0.3, -0.25) is 0 Å². The Morgan fingerprint density at radius 1 is 0.833 bits per heavy atom. The molecule has 6 rings (SSSR count). The Hall–Kier alpha value is -3.45. The summed E-state index contributed by atoms with van der Waals surface area (Å²) in [6, 6.07) is 25.1. The third-order valence-electron chi connectivity index (χ3n) is 6.87. The summed E-state index contributed by atoms with van der Waals surface area (Å²) in [5.41, 5.74) is 3.40. The summed E-state index contributed by atoms with van der Waals surface area (Å²) in [4.78, 5) is 2.16. The largest absolute Gasteiger partial charge is 0.385 e. The van der Waals surface area contributed by atoms with Crippen LogP contribution in [-0.2, 0) is 5.60 Å². The molecule has 2 aromatic heterocycles. The Labute approximate surface area is 218 Å². The highest BCUT2D eigenvalue weighted by molar-refractivity contribution is 6.32. The first-order valence-electron chi connectivity index (χ1n) is 11.8. The van der Waals surface area contributed by atoms with Gasteiger partial charge in [-0.15, -0.1) is 5.10 Å². The predicted molar refractivity (Wildman–Crippen MR) is 144 cm³/mol. The monoisotopic (exact) mass is 515 g/mol. The molecule has 1 fully saturated rings. The second-order valence-electron chi connectivity index (χ2n) is 9.03. The molecule has 0 spiro atoms. The zero-order valence-corrected chi connectivity index (χ0v) is 20.9. The zero-order valence-electron chi connectivity index (χ0n) is 19.4. The van der Waals surface area contributed by atoms with Crippen LogP contribution in [0.5, 0.6) is 0 Å². The zero-order chi connectivity index (χ0) is 24.7. The fourth-order valence-electron chi connectivity index (χ4n) is 4.93. The summed E-state index contributed by atoms with van der Waals surface area (Å²) < 4.78 is 1.85. The standard InChI is InChI=1S/C28H23Cl2N5O/c29-21-12-10-19(11-13-21)26-22-18-31-32-27(25(22)33-35(26)24-9-5-4-8-23(24)30)34-16-14-28(36,15-17-34)20-6-2-1-3-7-20/h1-13,18,36H,14-17H2. The van der Waals surface area contributed by atoms with E-state index in [-0.39, 0.29) is 0 Å². The van der Waals surface area contributed by atoms with Gasteiger partial charge in [0.05, 0.1) is 33.6 Å². The molecule has 0 aliphatic carbocycles. The highest BCUT2D eigenvalue weighted by Gasteiger charge is 2.35. The van der Waals surface area contributed by atoms with Crippen molar-refractivity contribution in [1.29, 1.82) is 0 Å². The van der Waals surface area contributed by atoms with E-state index in [4.69, 9.17) is 28.3 Å². The second-order valence-corrected chi connectivity index (χ2v) is 9.88. The number of aliphatic hydroxyl groups is 1. The molecule has 180 valence electrons. The van der Waals surface area contributed by atoms with Crippen molar-refractivity contribution in [2.45, 2.75) is 18.4 Å². The maximum absolute atomic E-state index is 11.3. The smallest absolute Gasteiger partial charge is 0.179 e. The molecular weight excluding hydrogens is 493 g/mol. The molecule has 0 unspecified atom stereocenters. The van der Waals surface area contributed by atoms with E-state index in [1.165, 1.54) is 0 Å². The molecule has 8 heteroatoms. The number of para-hydroxylation sites is 1. The maximum atomic E-state index is 11.3. The first-order chi connectivity index (χ1) is 17.5. The van der Waals surface area contributed by atoms with E-state index in [1.807, 2.05) is 83.5 Å². The average Bonchev–Trinajstić information content (AvgIpc) is 3.30. The lowest BCUT2D eigenvalue weighted by atomic mass is 9.84. The Balaban J connectivity index is 1.45. The van der Waals surface area contributed by atoms with Crippen molar-refractivity contribution in [3.63, 3.8) is 0 Å². The minimum Gasteiger partial charge on any atom is -0.385 e. The highest BCUT2D eigenvalue weighted by atomic mass is 35.5. The summed E-state index contributed by atoms with van der Waals surface area (Å²) in [6.45, 7) is 1.27. The number of piperidine rings is 1. The van der Waals surface area contributed by atoms with E-state index in [2.05, 4.69) is 15.1 Å². The normalized spacial score (nSPS) is 15.4. The Morgan fingerprint density at radius 3 is 2.25 bits per heavy atom. The van der Waals surface area contributed by atoms with Crippen LogP contribution >= 0.6 is 23.2 Å². The molecule has 1 N–H and O–H groups in total. The summed E-state index contributed by atoms with van der Waals surface area (Å²) in [5, 5.41) is 27.3. The summed E-state index contributed by atoms with van der Waals surface area (Å²) in [7, 11) is 0. The third-order valence-corrected chi connectivity index (χ3v) is 7.44. The average molecular weight is 516 g/mol. The fourth-order valence-corrected chi connectivity index (χ4v) is 5.27. The molecule has 1 aliphatic heterocycles. The molecule has 0 bridgehead atoms. The number of benzene rings is 3. The quantitative estimate of drug-likeness (QED) is 0.305. The molecular formula is C28H23Cl2N5O. The Morgan fingerprint density at radius 2 is 1.53 bits per heavy atom. The minimum atomic E-state index is -0.857. The van der Waals surface area contributed by atoms with E-state index < -0.39 is 5.60 Å². The lowest BCUT2D eigenvalue weighted by molar-refractivity contribution is 0.0117. The summed E-state index contributed by atoms with van der Waals surface area (Å²) in [5.74, 6) is 0.698. The van der Waals surface area contributed by atoms with Crippen molar-refractivity contribution >= 4 is 39.9 Å². The van der Waals surface area contributed by atoms with Crippen LogP contribution in [0, 0.1) is 0 Å². The van der Waals surface area contributed by atoms with Gasteiger partial charge in [0.1, 0.15) is 5.52 Å². The number of aromatic nitrogens is 4. The van der Waals surface area contributed by atoms with Crippen molar-refractivity contribution in [2.24, 2.45) is 0 Å². The molecule has 0 radical (unpaired) electrons. The van der Waals surface area contributed by atoms with Crippen LogP contribution in [-0.4, -0.2) is 38.2 Å². The lowest BCUT2D eigenvalue weighted by Gasteiger charge is -2.38. The molecule has 0 amide bonds. The second kappa shape index (κ2) is 9.21. The molecule has 6 nitrogen and oxygen atoms in total. The van der Waals surface area contributed by atoms with E-state index in [0.717, 1.165) is 33.4 Å². The molecule has 36 heavy (non-hydrogen) atoms. The van der Waals surface area contributed by atoms with E-state index in [0.29, 0.717) is 41.8 Å². The topological polar surface area (TPSA) is 67.1 Å². The summed E-state index contributed by atoms with van der Waals surface area (Å²) in [6.07, 6.45) is 2.92. The van der Waals surface area contributed by atoms with Gasteiger partial charge in [-0.25, -0.2) is 4.68 Å². The van der Waals surface area contributed by atoms with Gasteiger partial charge in [0.2, 0.25) is 0 Å². The number of nitrogens with zero attached hydrogens (tertiary/aromatic N) is 5. The van der Waals surface area contributed by atoms with Gasteiger partial charge in [0, 0.05) is 23.7 Å². The Bertz CT molecular complexity index is 1530. The van der Waals surface area contributed by atoms with Crippen molar-refractivity contribution in [3.8, 4) is 16.9 Å². The van der Waals surface area contributed by atoms with Crippen LogP contribution in [0.3, 0.4) is 0 Å².